The largest absolute Gasteiger partial charge is 0.443 e. The van der Waals surface area contributed by atoms with Crippen LogP contribution in [0.3, 0.4) is 0 Å². The molecule has 1 N–H and O–H groups in total. The van der Waals surface area contributed by atoms with Crippen LogP contribution in [0.1, 0.15) is 55.0 Å². The summed E-state index contributed by atoms with van der Waals surface area (Å²) in [6, 6.07) is 0. The Hall–Kier alpha value is -0.620. The van der Waals surface area contributed by atoms with Crippen molar-refractivity contribution in [3.05, 3.63) is 16.1 Å². The minimum absolute atomic E-state index is 0.312. The third-order valence-corrected chi connectivity index (χ3v) is 4.79. The SMILES string of the molecule is CC1(C(O)c2cnc(C(F)(F)F)s2)CCCCC1. The lowest BCUT2D eigenvalue weighted by Crippen LogP contribution is -2.27. The number of alkyl halides is 3. The van der Waals surface area contributed by atoms with Crippen LogP contribution in [-0.4, -0.2) is 10.1 Å². The molecule has 1 unspecified atom stereocenters. The van der Waals surface area contributed by atoms with Gasteiger partial charge < -0.3 is 5.11 Å². The molecule has 1 aliphatic rings. The Morgan fingerprint density at radius 2 is 1.94 bits per heavy atom. The highest BCUT2D eigenvalue weighted by atomic mass is 32.1. The van der Waals surface area contributed by atoms with Crippen molar-refractivity contribution >= 4 is 11.3 Å². The second-order valence-corrected chi connectivity index (χ2v) is 6.24. The van der Waals surface area contributed by atoms with E-state index in [4.69, 9.17) is 0 Å². The minimum Gasteiger partial charge on any atom is -0.387 e. The number of aliphatic hydroxyl groups is 1. The Morgan fingerprint density at radius 3 is 2.44 bits per heavy atom. The summed E-state index contributed by atoms with van der Waals surface area (Å²) < 4.78 is 37.4. The van der Waals surface area contributed by atoms with E-state index in [1.54, 1.807) is 0 Å². The standard InChI is InChI=1S/C12H16F3NOS/c1-11(5-3-2-4-6-11)9(17)8-7-16-10(18-8)12(13,14)15/h7,9,17H,2-6H2,1H3. The van der Waals surface area contributed by atoms with E-state index in [0.29, 0.717) is 16.2 Å². The number of halogens is 3. The van der Waals surface area contributed by atoms with Gasteiger partial charge in [-0.15, -0.1) is 11.3 Å². The van der Waals surface area contributed by atoms with Crippen LogP contribution in [0.5, 0.6) is 0 Å². The van der Waals surface area contributed by atoms with Crippen molar-refractivity contribution in [2.45, 2.75) is 51.3 Å². The zero-order valence-electron chi connectivity index (χ0n) is 10.1. The molecule has 6 heteroatoms. The maximum absolute atomic E-state index is 12.5. The quantitative estimate of drug-likeness (QED) is 0.881. The van der Waals surface area contributed by atoms with Crippen LogP contribution in [0.25, 0.3) is 0 Å². The summed E-state index contributed by atoms with van der Waals surface area (Å²) in [4.78, 5) is 3.69. The summed E-state index contributed by atoms with van der Waals surface area (Å²) in [6.45, 7) is 1.95. The van der Waals surface area contributed by atoms with Gasteiger partial charge in [0, 0.05) is 6.20 Å². The Morgan fingerprint density at radius 1 is 1.33 bits per heavy atom. The maximum atomic E-state index is 12.5. The second kappa shape index (κ2) is 4.81. The van der Waals surface area contributed by atoms with Crippen LogP contribution in [0.4, 0.5) is 13.2 Å². The molecule has 1 aliphatic carbocycles. The summed E-state index contributed by atoms with van der Waals surface area (Å²) in [5.41, 5.74) is -0.312. The summed E-state index contributed by atoms with van der Waals surface area (Å²) in [7, 11) is 0. The third kappa shape index (κ3) is 2.69. The van der Waals surface area contributed by atoms with Gasteiger partial charge in [0.25, 0.3) is 0 Å². The topological polar surface area (TPSA) is 33.1 Å². The van der Waals surface area contributed by atoms with E-state index < -0.39 is 17.3 Å². The first-order valence-electron chi connectivity index (χ1n) is 6.04. The zero-order chi connectivity index (χ0) is 13.4. The van der Waals surface area contributed by atoms with E-state index in [1.165, 1.54) is 0 Å². The normalized spacial score (nSPS) is 21.8. The lowest BCUT2D eigenvalue weighted by atomic mass is 9.71. The number of thiazole rings is 1. The molecule has 1 aromatic heterocycles. The minimum atomic E-state index is -4.42. The smallest absolute Gasteiger partial charge is 0.387 e. The fraction of sp³-hybridized carbons (Fsp3) is 0.750. The Labute approximate surface area is 108 Å². The monoisotopic (exact) mass is 279 g/mol. The maximum Gasteiger partial charge on any atom is 0.443 e. The van der Waals surface area contributed by atoms with Gasteiger partial charge >= 0.3 is 6.18 Å². The first-order chi connectivity index (χ1) is 8.33. The molecule has 0 aliphatic heterocycles. The highest BCUT2D eigenvalue weighted by Crippen LogP contribution is 2.47. The molecule has 1 heterocycles. The second-order valence-electron chi connectivity index (χ2n) is 5.18. The van der Waals surface area contributed by atoms with Crippen molar-refractivity contribution < 1.29 is 18.3 Å². The molecule has 0 radical (unpaired) electrons. The highest BCUT2D eigenvalue weighted by Gasteiger charge is 2.39. The summed E-state index contributed by atoms with van der Waals surface area (Å²) >= 11 is 0.554. The van der Waals surface area contributed by atoms with Crippen LogP contribution < -0.4 is 0 Å². The molecule has 0 bridgehead atoms. The van der Waals surface area contributed by atoms with Gasteiger partial charge in [0.15, 0.2) is 5.01 Å². The van der Waals surface area contributed by atoms with Crippen LogP contribution in [0.2, 0.25) is 0 Å². The van der Waals surface area contributed by atoms with Crippen LogP contribution in [-0.2, 0) is 6.18 Å². The molecule has 0 amide bonds. The fourth-order valence-electron chi connectivity index (χ4n) is 2.52. The summed E-state index contributed by atoms with van der Waals surface area (Å²) in [5, 5.41) is 9.41. The lowest BCUT2D eigenvalue weighted by molar-refractivity contribution is -0.137. The molecular weight excluding hydrogens is 263 g/mol. The van der Waals surface area contributed by atoms with E-state index >= 15 is 0 Å². The van der Waals surface area contributed by atoms with E-state index in [-0.39, 0.29) is 5.41 Å². The zero-order valence-corrected chi connectivity index (χ0v) is 10.9. The van der Waals surface area contributed by atoms with Crippen molar-refractivity contribution in [2.24, 2.45) is 5.41 Å². The van der Waals surface area contributed by atoms with E-state index in [0.717, 1.165) is 38.3 Å². The van der Waals surface area contributed by atoms with Crippen molar-refractivity contribution in [3.8, 4) is 0 Å². The Balaban J connectivity index is 2.18. The molecule has 0 spiro atoms. The first kappa shape index (κ1) is 13.8. The van der Waals surface area contributed by atoms with Gasteiger partial charge in [-0.2, -0.15) is 13.2 Å². The van der Waals surface area contributed by atoms with Crippen molar-refractivity contribution in [2.75, 3.05) is 0 Å². The Bertz CT molecular complexity index is 410. The number of aromatic nitrogens is 1. The Kier molecular flexibility index (Phi) is 3.69. The number of hydrogen-bond donors (Lipinski definition) is 1. The van der Waals surface area contributed by atoms with Crippen molar-refractivity contribution in [1.29, 1.82) is 0 Å². The predicted octanol–water partition coefficient (Wildman–Crippen LogP) is 4.17. The van der Waals surface area contributed by atoms with Crippen LogP contribution in [0.15, 0.2) is 6.20 Å². The van der Waals surface area contributed by atoms with Gasteiger partial charge in [-0.3, -0.25) is 0 Å². The molecule has 2 nitrogen and oxygen atoms in total. The number of aliphatic hydroxyl groups excluding tert-OH is 1. The van der Waals surface area contributed by atoms with Crippen molar-refractivity contribution in [3.63, 3.8) is 0 Å². The first-order valence-corrected chi connectivity index (χ1v) is 6.85. The molecule has 1 saturated carbocycles. The fourth-order valence-corrected chi connectivity index (χ4v) is 3.47. The van der Waals surface area contributed by atoms with Gasteiger partial charge in [0.2, 0.25) is 0 Å². The molecule has 2 rings (SSSR count). The van der Waals surface area contributed by atoms with Gasteiger partial charge in [-0.25, -0.2) is 4.98 Å². The average molecular weight is 279 g/mol. The number of hydrogen-bond acceptors (Lipinski definition) is 3. The molecule has 1 aromatic rings. The third-order valence-electron chi connectivity index (χ3n) is 3.69. The molecule has 102 valence electrons. The van der Waals surface area contributed by atoms with Crippen LogP contribution >= 0.6 is 11.3 Å². The van der Waals surface area contributed by atoms with Gasteiger partial charge in [0.05, 0.1) is 11.0 Å². The number of nitrogens with zero attached hydrogens (tertiary/aromatic N) is 1. The molecule has 1 atom stereocenters. The van der Waals surface area contributed by atoms with E-state index in [9.17, 15) is 18.3 Å². The van der Waals surface area contributed by atoms with Gasteiger partial charge in [-0.05, 0) is 18.3 Å². The van der Waals surface area contributed by atoms with Crippen molar-refractivity contribution in [1.82, 2.24) is 4.98 Å². The average Bonchev–Trinajstić information content (AvgIpc) is 2.77. The highest BCUT2D eigenvalue weighted by molar-refractivity contribution is 7.11. The van der Waals surface area contributed by atoms with Crippen LogP contribution in [0, 0.1) is 5.41 Å². The molecule has 18 heavy (non-hydrogen) atoms. The lowest BCUT2D eigenvalue weighted by Gasteiger charge is -2.37. The summed E-state index contributed by atoms with van der Waals surface area (Å²) in [6.07, 6.45) is 0.802. The van der Waals surface area contributed by atoms with E-state index in [1.807, 2.05) is 6.92 Å². The molecule has 0 saturated heterocycles. The molecule has 0 aromatic carbocycles. The van der Waals surface area contributed by atoms with E-state index in [2.05, 4.69) is 4.98 Å². The summed E-state index contributed by atoms with van der Waals surface area (Å²) in [5.74, 6) is 0. The van der Waals surface area contributed by atoms with Gasteiger partial charge in [-0.1, -0.05) is 26.2 Å². The molecule has 1 fully saturated rings. The number of rotatable bonds is 2. The molecular formula is C12H16F3NOS. The predicted molar refractivity (Wildman–Crippen MR) is 63.3 cm³/mol. The van der Waals surface area contributed by atoms with Gasteiger partial charge in [0.1, 0.15) is 0 Å².